The van der Waals surface area contributed by atoms with Crippen LogP contribution >= 0.6 is 0 Å². The van der Waals surface area contributed by atoms with E-state index in [0.717, 1.165) is 0 Å². The Morgan fingerprint density at radius 2 is 1.11 bits per heavy atom. The highest BCUT2D eigenvalue weighted by molar-refractivity contribution is 6.80. The van der Waals surface area contributed by atoms with E-state index in [0.29, 0.717) is 0 Å². The lowest BCUT2D eigenvalue weighted by Crippen LogP contribution is -2.46. The van der Waals surface area contributed by atoms with E-state index in [1.165, 1.54) is 21.5 Å². The predicted molar refractivity (Wildman–Crippen MR) is 83.6 cm³/mol. The molecule has 2 aromatic rings. The van der Waals surface area contributed by atoms with Crippen LogP contribution in [0.4, 0.5) is 0 Å². The lowest BCUT2D eigenvalue weighted by molar-refractivity contribution is 0.253. The molecule has 0 fully saturated rings. The first-order chi connectivity index (χ1) is 9.06. The van der Waals surface area contributed by atoms with Crippen LogP contribution in [0.15, 0.2) is 48.5 Å². The van der Waals surface area contributed by atoms with Gasteiger partial charge in [-0.05, 0) is 38.1 Å². The summed E-state index contributed by atoms with van der Waals surface area (Å²) in [7, 11) is -1.13. The monoisotopic (exact) mass is 269 g/mol. The molecule has 1 radical (unpaired) electrons. The molecule has 0 amide bonds. The van der Waals surface area contributed by atoms with Crippen LogP contribution in [0.5, 0.6) is 0 Å². The van der Waals surface area contributed by atoms with Crippen LogP contribution in [0.3, 0.4) is 0 Å². The van der Waals surface area contributed by atoms with E-state index in [2.05, 4.69) is 76.2 Å². The van der Waals surface area contributed by atoms with Crippen LogP contribution in [0.1, 0.15) is 25.0 Å². The van der Waals surface area contributed by atoms with Crippen molar-refractivity contribution >= 4 is 19.4 Å². The highest BCUT2D eigenvalue weighted by Gasteiger charge is 2.20. The molecule has 0 bridgehead atoms. The minimum Gasteiger partial charge on any atom is -0.405 e. The van der Waals surface area contributed by atoms with Gasteiger partial charge in [-0.2, -0.15) is 0 Å². The smallest absolute Gasteiger partial charge is 0.283 e. The van der Waals surface area contributed by atoms with Crippen molar-refractivity contribution in [2.24, 2.45) is 0 Å². The molecule has 19 heavy (non-hydrogen) atoms. The molecule has 0 aliphatic rings. The van der Waals surface area contributed by atoms with E-state index in [-0.39, 0.29) is 6.10 Å². The van der Waals surface area contributed by atoms with Gasteiger partial charge in [0.1, 0.15) is 0 Å². The van der Waals surface area contributed by atoms with Crippen molar-refractivity contribution in [3.8, 4) is 0 Å². The molecule has 0 heterocycles. The summed E-state index contributed by atoms with van der Waals surface area (Å²) in [6.45, 7) is 8.44. The van der Waals surface area contributed by atoms with Crippen LogP contribution in [-0.4, -0.2) is 15.1 Å². The maximum atomic E-state index is 6.20. The average molecular weight is 269 g/mol. The van der Waals surface area contributed by atoms with Gasteiger partial charge in [0.2, 0.25) is 0 Å². The van der Waals surface area contributed by atoms with Crippen molar-refractivity contribution in [1.29, 1.82) is 0 Å². The second-order valence-electron chi connectivity index (χ2n) is 5.23. The molecule has 0 saturated heterocycles. The summed E-state index contributed by atoms with van der Waals surface area (Å²) in [5, 5.41) is 2.63. The van der Waals surface area contributed by atoms with Gasteiger partial charge in [-0.3, -0.25) is 0 Å². The molecular formula is C17H21OSi. The van der Waals surface area contributed by atoms with Crippen LogP contribution in [0.2, 0.25) is 0 Å². The third-order valence-corrected chi connectivity index (χ3v) is 5.40. The van der Waals surface area contributed by atoms with E-state index >= 15 is 0 Å². The normalized spacial score (nSPS) is 11.3. The molecule has 1 nitrogen and oxygen atoms in total. The third-order valence-electron chi connectivity index (χ3n) is 2.98. The van der Waals surface area contributed by atoms with Crippen molar-refractivity contribution in [3.05, 3.63) is 59.7 Å². The summed E-state index contributed by atoms with van der Waals surface area (Å²) in [5.41, 5.74) is 2.58. The molecule has 0 unspecified atom stereocenters. The third kappa shape index (κ3) is 3.79. The molecular weight excluding hydrogens is 248 g/mol. The molecule has 0 aliphatic carbocycles. The van der Waals surface area contributed by atoms with Gasteiger partial charge in [-0.1, -0.05) is 59.7 Å². The quantitative estimate of drug-likeness (QED) is 0.776. The second-order valence-corrected chi connectivity index (χ2v) is 7.28. The molecule has 2 aromatic carbocycles. The topological polar surface area (TPSA) is 9.23 Å². The summed E-state index contributed by atoms with van der Waals surface area (Å²) in [6.07, 6.45) is 0.247. The number of hydrogen-bond acceptors (Lipinski definition) is 1. The van der Waals surface area contributed by atoms with Crippen molar-refractivity contribution in [2.75, 3.05) is 0 Å². The first-order valence-electron chi connectivity index (χ1n) is 6.74. The molecule has 0 aliphatic heterocycles. The molecule has 0 aromatic heterocycles. The maximum Gasteiger partial charge on any atom is 0.283 e. The fraction of sp³-hybridized carbons (Fsp3) is 0.294. The van der Waals surface area contributed by atoms with Crippen LogP contribution in [-0.2, 0) is 4.43 Å². The highest BCUT2D eigenvalue weighted by atomic mass is 28.3. The van der Waals surface area contributed by atoms with E-state index in [4.69, 9.17) is 4.43 Å². The molecule has 2 heteroatoms. The fourth-order valence-electron chi connectivity index (χ4n) is 1.95. The van der Waals surface area contributed by atoms with Crippen molar-refractivity contribution in [3.63, 3.8) is 0 Å². The number of rotatable bonds is 4. The Balaban J connectivity index is 2.35. The summed E-state index contributed by atoms with van der Waals surface area (Å²) in [4.78, 5) is 0. The predicted octanol–water partition coefficient (Wildman–Crippen LogP) is 2.83. The zero-order chi connectivity index (χ0) is 13.8. The van der Waals surface area contributed by atoms with Gasteiger partial charge in [0.05, 0.1) is 0 Å². The molecule has 0 atom stereocenters. The molecule has 0 saturated carbocycles. The number of aryl methyl sites for hydroxylation is 2. The minimum absolute atomic E-state index is 0.247. The molecule has 2 rings (SSSR count). The van der Waals surface area contributed by atoms with Crippen molar-refractivity contribution in [2.45, 2.75) is 33.8 Å². The van der Waals surface area contributed by atoms with Crippen molar-refractivity contribution in [1.82, 2.24) is 0 Å². The van der Waals surface area contributed by atoms with E-state index in [1.54, 1.807) is 0 Å². The Labute approximate surface area is 118 Å². The SMILES string of the molecule is Cc1ccc([Si](OC(C)C)c2ccc(C)cc2)cc1. The second kappa shape index (κ2) is 6.18. The number of benzene rings is 2. The lowest BCUT2D eigenvalue weighted by Gasteiger charge is -2.19. The Morgan fingerprint density at radius 3 is 1.42 bits per heavy atom. The van der Waals surface area contributed by atoms with Crippen LogP contribution in [0.25, 0.3) is 0 Å². The standard InChI is InChI=1S/C17H21OSi/c1-13(2)18-19(16-9-5-14(3)6-10-16)17-11-7-15(4)8-12-17/h5-13H,1-4H3. The first kappa shape index (κ1) is 14.0. The Kier molecular flexibility index (Phi) is 4.56. The zero-order valence-electron chi connectivity index (χ0n) is 12.1. The van der Waals surface area contributed by atoms with E-state index in [1.807, 2.05) is 0 Å². The number of hydrogen-bond donors (Lipinski definition) is 0. The van der Waals surface area contributed by atoms with Gasteiger partial charge in [-0.25, -0.2) is 0 Å². The molecule has 99 valence electrons. The highest BCUT2D eigenvalue weighted by Crippen LogP contribution is 2.02. The summed E-state index contributed by atoms with van der Waals surface area (Å²) < 4.78 is 6.20. The Bertz CT molecular complexity index is 468. The summed E-state index contributed by atoms with van der Waals surface area (Å²) in [6, 6.07) is 17.5. The summed E-state index contributed by atoms with van der Waals surface area (Å²) in [5.74, 6) is 0. The molecule has 0 spiro atoms. The van der Waals surface area contributed by atoms with Gasteiger partial charge in [-0.15, -0.1) is 0 Å². The van der Waals surface area contributed by atoms with Gasteiger partial charge in [0.25, 0.3) is 9.04 Å². The van der Waals surface area contributed by atoms with E-state index in [9.17, 15) is 0 Å². The maximum absolute atomic E-state index is 6.20. The lowest BCUT2D eigenvalue weighted by atomic mass is 10.2. The van der Waals surface area contributed by atoms with Gasteiger partial charge < -0.3 is 4.43 Å². The largest absolute Gasteiger partial charge is 0.405 e. The van der Waals surface area contributed by atoms with Gasteiger partial charge in [0.15, 0.2) is 0 Å². The average Bonchev–Trinajstić information content (AvgIpc) is 2.38. The Morgan fingerprint density at radius 1 is 0.737 bits per heavy atom. The zero-order valence-corrected chi connectivity index (χ0v) is 13.1. The fourth-order valence-corrected chi connectivity index (χ4v) is 3.96. The van der Waals surface area contributed by atoms with Crippen molar-refractivity contribution < 1.29 is 4.43 Å². The van der Waals surface area contributed by atoms with Gasteiger partial charge >= 0.3 is 0 Å². The summed E-state index contributed by atoms with van der Waals surface area (Å²) >= 11 is 0. The van der Waals surface area contributed by atoms with Crippen LogP contribution in [0, 0.1) is 13.8 Å². The van der Waals surface area contributed by atoms with Gasteiger partial charge in [0, 0.05) is 6.10 Å². The molecule has 0 N–H and O–H groups in total. The first-order valence-corrected chi connectivity index (χ1v) is 8.15. The minimum atomic E-state index is -1.13. The van der Waals surface area contributed by atoms with E-state index < -0.39 is 9.04 Å². The van der Waals surface area contributed by atoms with Crippen LogP contribution < -0.4 is 10.4 Å². The Hall–Kier alpha value is -1.38.